The Morgan fingerprint density at radius 3 is 2.78 bits per heavy atom. The van der Waals surface area contributed by atoms with E-state index in [0.717, 1.165) is 5.56 Å². The summed E-state index contributed by atoms with van der Waals surface area (Å²) < 4.78 is 5.10. The van der Waals surface area contributed by atoms with E-state index in [1.807, 2.05) is 5.38 Å². The number of ether oxygens (including phenoxy) is 1. The van der Waals surface area contributed by atoms with Gasteiger partial charge in [0.15, 0.2) is 11.8 Å². The summed E-state index contributed by atoms with van der Waals surface area (Å²) in [5.41, 5.74) is 0.794. The molecule has 3 rings (SSSR count). The predicted molar refractivity (Wildman–Crippen MR) is 106 cm³/mol. The maximum absolute atomic E-state index is 12.7. The van der Waals surface area contributed by atoms with Gasteiger partial charge in [-0.05, 0) is 35.5 Å². The van der Waals surface area contributed by atoms with Gasteiger partial charge in [-0.2, -0.15) is 4.99 Å². The minimum absolute atomic E-state index is 0.151. The molecule has 0 aliphatic carbocycles. The van der Waals surface area contributed by atoms with Crippen LogP contribution in [0.5, 0.6) is 5.75 Å². The quantitative estimate of drug-likeness (QED) is 0.565. The van der Waals surface area contributed by atoms with Crippen LogP contribution in [0.2, 0.25) is 0 Å². The van der Waals surface area contributed by atoms with Gasteiger partial charge in [-0.25, -0.2) is 9.78 Å². The lowest BCUT2D eigenvalue weighted by atomic mass is 10.2. The summed E-state index contributed by atoms with van der Waals surface area (Å²) >= 11 is 2.67. The third-order valence-electron chi connectivity index (χ3n) is 3.35. The molecule has 1 aromatic heterocycles. The number of nitrogens with zero attached hydrogens (tertiary/aromatic N) is 3. The fraction of sp³-hybridized carbons (Fsp3) is 0.111. The average molecular weight is 401 g/mol. The van der Waals surface area contributed by atoms with Crippen LogP contribution in [0.15, 0.2) is 58.4 Å². The number of carboxylic acids is 1. The molecule has 2 aromatic rings. The van der Waals surface area contributed by atoms with Crippen LogP contribution in [0.4, 0.5) is 5.13 Å². The molecule has 9 heteroatoms. The lowest BCUT2D eigenvalue weighted by molar-refractivity contribution is -0.139. The van der Waals surface area contributed by atoms with Crippen molar-refractivity contribution in [3.8, 4) is 5.75 Å². The van der Waals surface area contributed by atoms with Crippen molar-refractivity contribution < 1.29 is 19.4 Å². The number of thioether (sulfide) groups is 1. The Balaban J connectivity index is 1.80. The fourth-order valence-electron chi connectivity index (χ4n) is 2.19. The monoisotopic (exact) mass is 401 g/mol. The molecular formula is C18H15N3O4S2. The number of carbonyl (C=O) groups excluding carboxylic acids is 1. The topological polar surface area (TPSA) is 92.1 Å². The molecule has 2 heterocycles. The van der Waals surface area contributed by atoms with Gasteiger partial charge in [0.05, 0.1) is 4.91 Å². The van der Waals surface area contributed by atoms with Crippen LogP contribution >= 0.6 is 23.1 Å². The zero-order chi connectivity index (χ0) is 19.2. The molecule has 0 saturated carbocycles. The lowest BCUT2D eigenvalue weighted by Crippen LogP contribution is -2.29. The van der Waals surface area contributed by atoms with Gasteiger partial charge in [0.2, 0.25) is 5.13 Å². The van der Waals surface area contributed by atoms with E-state index in [-0.39, 0.29) is 5.91 Å². The Kier molecular flexibility index (Phi) is 6.05. The third-order valence-corrected chi connectivity index (χ3v) is 5.02. The van der Waals surface area contributed by atoms with Crippen LogP contribution < -0.4 is 4.74 Å². The van der Waals surface area contributed by atoms with Gasteiger partial charge < -0.3 is 9.84 Å². The van der Waals surface area contributed by atoms with Gasteiger partial charge in [-0.1, -0.05) is 18.2 Å². The van der Waals surface area contributed by atoms with Gasteiger partial charge >= 0.3 is 5.97 Å². The average Bonchev–Trinajstić information content (AvgIpc) is 3.26. The minimum Gasteiger partial charge on any atom is -0.482 e. The summed E-state index contributed by atoms with van der Waals surface area (Å²) in [4.78, 5) is 33.9. The molecule has 1 aliphatic heterocycles. The van der Waals surface area contributed by atoms with Crippen molar-refractivity contribution in [1.29, 1.82) is 0 Å². The summed E-state index contributed by atoms with van der Waals surface area (Å²) in [6.45, 7) is 3.65. The number of aromatic nitrogens is 1. The molecule has 1 aromatic carbocycles. The van der Waals surface area contributed by atoms with Gasteiger partial charge in [0, 0.05) is 18.1 Å². The van der Waals surface area contributed by atoms with Gasteiger partial charge in [0.25, 0.3) is 5.91 Å². The molecular weight excluding hydrogens is 386 g/mol. The van der Waals surface area contributed by atoms with Crippen LogP contribution in [0.25, 0.3) is 6.08 Å². The van der Waals surface area contributed by atoms with E-state index in [9.17, 15) is 9.59 Å². The molecule has 1 saturated heterocycles. The van der Waals surface area contributed by atoms with Gasteiger partial charge in [0.1, 0.15) is 5.75 Å². The fourth-order valence-corrected chi connectivity index (χ4v) is 3.74. The predicted octanol–water partition coefficient (Wildman–Crippen LogP) is 3.40. The highest BCUT2D eigenvalue weighted by molar-refractivity contribution is 8.18. The number of aliphatic imine (C=N–C) groups is 1. The summed E-state index contributed by atoms with van der Waals surface area (Å²) in [5, 5.41) is 11.6. The normalized spacial score (nSPS) is 16.9. The first-order valence-electron chi connectivity index (χ1n) is 7.82. The highest BCUT2D eigenvalue weighted by atomic mass is 32.2. The SMILES string of the molecule is C=CCN1C(=O)/C(=C/c2ccc(OCC(=O)O)cc2)S/C1=N/c1nccs1. The number of amidine groups is 1. The standard InChI is InChI=1S/C18H15N3O4S2/c1-2-8-21-16(24)14(27-18(21)20-17-19-7-9-26-17)10-12-3-5-13(6-4-12)25-11-15(22)23/h2-7,9-10H,1,8,11H2,(H,22,23)/b14-10-,20-18+. The lowest BCUT2D eigenvalue weighted by Gasteiger charge is -2.11. The second-order valence-electron chi connectivity index (χ2n) is 5.28. The smallest absolute Gasteiger partial charge is 0.341 e. The van der Waals surface area contributed by atoms with Crippen LogP contribution in [0.3, 0.4) is 0 Å². The minimum atomic E-state index is -1.04. The summed E-state index contributed by atoms with van der Waals surface area (Å²) in [5.74, 6) is -0.742. The summed E-state index contributed by atoms with van der Waals surface area (Å²) in [6, 6.07) is 6.83. The molecule has 0 atom stereocenters. The zero-order valence-corrected chi connectivity index (χ0v) is 15.7. The molecule has 138 valence electrons. The number of hydrogen-bond acceptors (Lipinski definition) is 7. The molecule has 0 radical (unpaired) electrons. The molecule has 0 unspecified atom stereocenters. The van der Waals surface area contributed by atoms with E-state index < -0.39 is 12.6 Å². The van der Waals surface area contributed by atoms with E-state index in [1.165, 1.54) is 23.1 Å². The number of hydrogen-bond donors (Lipinski definition) is 1. The van der Waals surface area contributed by atoms with Crippen molar-refractivity contribution in [2.75, 3.05) is 13.2 Å². The molecule has 27 heavy (non-hydrogen) atoms. The van der Waals surface area contributed by atoms with Crippen molar-refractivity contribution in [3.05, 3.63) is 59.0 Å². The molecule has 0 bridgehead atoms. The number of carbonyl (C=O) groups is 2. The summed E-state index contributed by atoms with van der Waals surface area (Å²) in [7, 11) is 0. The highest BCUT2D eigenvalue weighted by Gasteiger charge is 2.32. The summed E-state index contributed by atoms with van der Waals surface area (Å²) in [6.07, 6.45) is 5.07. The van der Waals surface area contributed by atoms with E-state index in [0.29, 0.717) is 27.5 Å². The first-order valence-corrected chi connectivity index (χ1v) is 9.51. The van der Waals surface area contributed by atoms with Crippen molar-refractivity contribution in [2.24, 2.45) is 4.99 Å². The Labute approximate surface area is 163 Å². The number of rotatable bonds is 7. The van der Waals surface area contributed by atoms with E-state index in [1.54, 1.807) is 47.5 Å². The van der Waals surface area contributed by atoms with Crippen LogP contribution in [-0.2, 0) is 9.59 Å². The molecule has 1 fully saturated rings. The Morgan fingerprint density at radius 2 is 2.15 bits per heavy atom. The number of benzene rings is 1. The number of amides is 1. The van der Waals surface area contributed by atoms with Crippen LogP contribution in [-0.4, -0.2) is 45.2 Å². The van der Waals surface area contributed by atoms with Gasteiger partial charge in [-0.15, -0.1) is 17.9 Å². The molecule has 7 nitrogen and oxygen atoms in total. The van der Waals surface area contributed by atoms with Crippen molar-refractivity contribution in [2.45, 2.75) is 0 Å². The maximum Gasteiger partial charge on any atom is 0.341 e. The Bertz CT molecular complexity index is 905. The Morgan fingerprint density at radius 1 is 1.37 bits per heavy atom. The molecule has 0 spiro atoms. The van der Waals surface area contributed by atoms with Crippen molar-refractivity contribution in [3.63, 3.8) is 0 Å². The number of aliphatic carboxylic acids is 1. The number of carboxylic acid groups (broad SMARTS) is 1. The van der Waals surface area contributed by atoms with Gasteiger partial charge in [-0.3, -0.25) is 9.69 Å². The van der Waals surface area contributed by atoms with Crippen molar-refractivity contribution >= 4 is 51.4 Å². The van der Waals surface area contributed by atoms with E-state index >= 15 is 0 Å². The Hall–Kier alpha value is -2.91. The van der Waals surface area contributed by atoms with Crippen LogP contribution in [0.1, 0.15) is 5.56 Å². The third kappa shape index (κ3) is 4.83. The van der Waals surface area contributed by atoms with Crippen LogP contribution in [0, 0.1) is 0 Å². The molecule has 1 N–H and O–H groups in total. The molecule has 1 amide bonds. The van der Waals surface area contributed by atoms with Crippen molar-refractivity contribution in [1.82, 2.24) is 9.88 Å². The zero-order valence-electron chi connectivity index (χ0n) is 14.1. The van der Waals surface area contributed by atoms with E-state index in [2.05, 4.69) is 16.6 Å². The first kappa shape index (κ1) is 18.9. The first-order chi connectivity index (χ1) is 13.1. The second-order valence-corrected chi connectivity index (χ2v) is 7.16. The maximum atomic E-state index is 12.7. The van der Waals surface area contributed by atoms with E-state index in [4.69, 9.17) is 9.84 Å². The largest absolute Gasteiger partial charge is 0.482 e. The molecule has 1 aliphatic rings. The number of thiazole rings is 1. The highest BCUT2D eigenvalue weighted by Crippen LogP contribution is 2.34. The second kappa shape index (κ2) is 8.65.